The van der Waals surface area contributed by atoms with Gasteiger partial charge in [-0.15, -0.1) is 6.58 Å². The number of nitrogens with one attached hydrogen (secondary N) is 1. The highest BCUT2D eigenvalue weighted by atomic mass is 16.2. The Morgan fingerprint density at radius 1 is 1.60 bits per heavy atom. The van der Waals surface area contributed by atoms with Gasteiger partial charge in [-0.3, -0.25) is 4.79 Å². The van der Waals surface area contributed by atoms with E-state index in [2.05, 4.69) is 18.8 Å². The molecule has 1 saturated carbocycles. The highest BCUT2D eigenvalue weighted by molar-refractivity contribution is 5.81. The van der Waals surface area contributed by atoms with Crippen molar-refractivity contribution in [1.82, 2.24) is 5.32 Å². The van der Waals surface area contributed by atoms with Crippen LogP contribution < -0.4 is 11.1 Å². The molecule has 0 spiro atoms. The molecule has 0 heterocycles. The summed E-state index contributed by atoms with van der Waals surface area (Å²) in [5, 5.41) is 2.99. The molecular weight excluding hydrogens is 188 g/mol. The number of hydrogen-bond donors (Lipinski definition) is 2. The fourth-order valence-corrected chi connectivity index (χ4v) is 2.19. The average Bonchev–Trinajstić information content (AvgIpc) is 2.70. The second-order valence-electron chi connectivity index (χ2n) is 4.47. The van der Waals surface area contributed by atoms with Crippen LogP contribution >= 0.6 is 0 Å². The monoisotopic (exact) mass is 210 g/mol. The lowest BCUT2D eigenvalue weighted by molar-refractivity contribution is -0.123. The van der Waals surface area contributed by atoms with Gasteiger partial charge in [0.05, 0.1) is 6.04 Å². The molecule has 3 N–H and O–H groups in total. The number of hydrogen-bond acceptors (Lipinski definition) is 2. The maximum atomic E-state index is 11.6. The lowest BCUT2D eigenvalue weighted by Gasteiger charge is -2.22. The minimum Gasteiger partial charge on any atom is -0.352 e. The van der Waals surface area contributed by atoms with E-state index in [0.29, 0.717) is 12.3 Å². The van der Waals surface area contributed by atoms with Crippen molar-refractivity contribution in [3.05, 3.63) is 12.7 Å². The molecule has 2 unspecified atom stereocenters. The van der Waals surface area contributed by atoms with Gasteiger partial charge in [0.2, 0.25) is 5.91 Å². The van der Waals surface area contributed by atoms with Crippen LogP contribution in [0, 0.1) is 5.92 Å². The summed E-state index contributed by atoms with van der Waals surface area (Å²) >= 11 is 0. The second-order valence-corrected chi connectivity index (χ2v) is 4.47. The third-order valence-corrected chi connectivity index (χ3v) is 3.23. The van der Waals surface area contributed by atoms with E-state index >= 15 is 0 Å². The van der Waals surface area contributed by atoms with Gasteiger partial charge in [-0.2, -0.15) is 0 Å². The summed E-state index contributed by atoms with van der Waals surface area (Å²) in [7, 11) is 0. The van der Waals surface area contributed by atoms with E-state index in [1.165, 1.54) is 25.7 Å². The molecule has 3 nitrogen and oxygen atoms in total. The highest BCUT2D eigenvalue weighted by Crippen LogP contribution is 2.27. The molecule has 1 aliphatic carbocycles. The third kappa shape index (κ3) is 3.67. The van der Waals surface area contributed by atoms with Crippen molar-refractivity contribution in [3.63, 3.8) is 0 Å². The Bertz CT molecular complexity index is 222. The zero-order valence-corrected chi connectivity index (χ0v) is 9.54. The van der Waals surface area contributed by atoms with E-state index in [4.69, 9.17) is 5.73 Å². The molecule has 1 fully saturated rings. The molecular formula is C12H22N2O. The zero-order chi connectivity index (χ0) is 11.3. The molecule has 0 aromatic heterocycles. The first-order chi connectivity index (χ1) is 7.15. The number of carbonyl (C=O) groups is 1. The van der Waals surface area contributed by atoms with Crippen molar-refractivity contribution >= 4 is 5.91 Å². The van der Waals surface area contributed by atoms with Crippen LogP contribution in [0.2, 0.25) is 0 Å². The van der Waals surface area contributed by atoms with Gasteiger partial charge in [-0.05, 0) is 32.1 Å². The SMILES string of the molecule is C=CCC(N)C(=O)NC(C)C1CCCC1. The first kappa shape index (κ1) is 12.2. The minimum atomic E-state index is -0.439. The molecule has 1 aliphatic rings. The van der Waals surface area contributed by atoms with Crippen molar-refractivity contribution in [2.24, 2.45) is 11.7 Å². The topological polar surface area (TPSA) is 55.1 Å². The van der Waals surface area contributed by atoms with Gasteiger partial charge in [-0.1, -0.05) is 18.9 Å². The van der Waals surface area contributed by atoms with Crippen LogP contribution in [0.5, 0.6) is 0 Å². The van der Waals surface area contributed by atoms with E-state index in [9.17, 15) is 4.79 Å². The Labute approximate surface area is 92.1 Å². The van der Waals surface area contributed by atoms with Crippen molar-refractivity contribution in [1.29, 1.82) is 0 Å². The van der Waals surface area contributed by atoms with Crippen LogP contribution in [0.15, 0.2) is 12.7 Å². The van der Waals surface area contributed by atoms with Crippen LogP contribution in [0.1, 0.15) is 39.0 Å². The summed E-state index contributed by atoms with van der Waals surface area (Å²) in [4.78, 5) is 11.6. The van der Waals surface area contributed by atoms with Crippen molar-refractivity contribution in [2.45, 2.75) is 51.1 Å². The predicted octanol–water partition coefficient (Wildman–Crippen LogP) is 1.58. The summed E-state index contributed by atoms with van der Waals surface area (Å²) in [5.74, 6) is 0.596. The fourth-order valence-electron chi connectivity index (χ4n) is 2.19. The Hall–Kier alpha value is -0.830. The van der Waals surface area contributed by atoms with E-state index in [1.807, 2.05) is 0 Å². The fraction of sp³-hybridized carbons (Fsp3) is 0.750. The van der Waals surface area contributed by atoms with E-state index < -0.39 is 6.04 Å². The lowest BCUT2D eigenvalue weighted by atomic mass is 9.99. The van der Waals surface area contributed by atoms with Crippen LogP contribution in [0.3, 0.4) is 0 Å². The smallest absolute Gasteiger partial charge is 0.237 e. The van der Waals surface area contributed by atoms with Gasteiger partial charge in [0.1, 0.15) is 0 Å². The van der Waals surface area contributed by atoms with Gasteiger partial charge in [-0.25, -0.2) is 0 Å². The summed E-state index contributed by atoms with van der Waals surface area (Å²) in [6, 6.07) is -0.179. The molecule has 3 heteroatoms. The Morgan fingerprint density at radius 2 is 2.20 bits per heavy atom. The van der Waals surface area contributed by atoms with E-state index in [0.717, 1.165) is 0 Å². The molecule has 0 bridgehead atoms. The number of rotatable bonds is 5. The number of amides is 1. The summed E-state index contributed by atoms with van der Waals surface area (Å²) in [6.45, 7) is 5.66. The lowest BCUT2D eigenvalue weighted by Crippen LogP contribution is -2.46. The molecule has 0 aromatic carbocycles. The largest absolute Gasteiger partial charge is 0.352 e. The molecule has 1 rings (SSSR count). The van der Waals surface area contributed by atoms with Crippen molar-refractivity contribution in [2.75, 3.05) is 0 Å². The first-order valence-corrected chi connectivity index (χ1v) is 5.82. The van der Waals surface area contributed by atoms with Crippen molar-refractivity contribution < 1.29 is 4.79 Å². The first-order valence-electron chi connectivity index (χ1n) is 5.82. The average molecular weight is 210 g/mol. The summed E-state index contributed by atoms with van der Waals surface area (Å²) in [6.07, 6.45) is 7.29. The standard InChI is InChI=1S/C12H22N2O/c1-3-6-11(13)12(15)14-9(2)10-7-4-5-8-10/h3,9-11H,1,4-8,13H2,2H3,(H,14,15). The summed E-state index contributed by atoms with van der Waals surface area (Å²) < 4.78 is 0. The molecule has 15 heavy (non-hydrogen) atoms. The summed E-state index contributed by atoms with van der Waals surface area (Å²) in [5.41, 5.74) is 5.69. The zero-order valence-electron chi connectivity index (χ0n) is 9.54. The molecule has 1 amide bonds. The normalized spacial score (nSPS) is 20.9. The molecule has 0 radical (unpaired) electrons. The highest BCUT2D eigenvalue weighted by Gasteiger charge is 2.24. The predicted molar refractivity (Wildman–Crippen MR) is 62.4 cm³/mol. The molecule has 0 aromatic rings. The van der Waals surface area contributed by atoms with Crippen molar-refractivity contribution in [3.8, 4) is 0 Å². The minimum absolute atomic E-state index is 0.0469. The van der Waals surface area contributed by atoms with Gasteiger partial charge < -0.3 is 11.1 Å². The molecule has 86 valence electrons. The number of nitrogens with two attached hydrogens (primary N) is 1. The Kier molecular flexibility index (Phi) is 4.82. The van der Waals surface area contributed by atoms with E-state index in [-0.39, 0.29) is 11.9 Å². The number of carbonyl (C=O) groups excluding carboxylic acids is 1. The van der Waals surface area contributed by atoms with Gasteiger partial charge in [0.25, 0.3) is 0 Å². The van der Waals surface area contributed by atoms with Crippen LogP contribution in [0.25, 0.3) is 0 Å². The maximum Gasteiger partial charge on any atom is 0.237 e. The van der Waals surface area contributed by atoms with Gasteiger partial charge in [0, 0.05) is 6.04 Å². The maximum absolute atomic E-state index is 11.6. The van der Waals surface area contributed by atoms with Crippen LogP contribution in [-0.4, -0.2) is 18.0 Å². The van der Waals surface area contributed by atoms with E-state index in [1.54, 1.807) is 6.08 Å². The van der Waals surface area contributed by atoms with Gasteiger partial charge >= 0.3 is 0 Å². The Balaban J connectivity index is 2.32. The Morgan fingerprint density at radius 3 is 2.73 bits per heavy atom. The third-order valence-electron chi connectivity index (χ3n) is 3.23. The van der Waals surface area contributed by atoms with Gasteiger partial charge in [0.15, 0.2) is 0 Å². The molecule has 2 atom stereocenters. The van der Waals surface area contributed by atoms with Crippen LogP contribution in [0.4, 0.5) is 0 Å². The second kappa shape index (κ2) is 5.91. The molecule has 0 aliphatic heterocycles. The quantitative estimate of drug-likeness (QED) is 0.677. The van der Waals surface area contributed by atoms with Crippen LogP contribution in [-0.2, 0) is 4.79 Å². The molecule has 0 saturated heterocycles.